The fourth-order valence-electron chi connectivity index (χ4n) is 1.61. The molecule has 3 nitrogen and oxygen atoms in total. The Morgan fingerprint density at radius 2 is 1.95 bits per heavy atom. The van der Waals surface area contributed by atoms with E-state index in [-0.39, 0.29) is 5.91 Å². The number of hydrogen-bond acceptors (Lipinski definition) is 2. The van der Waals surface area contributed by atoms with Crippen LogP contribution < -0.4 is 10.1 Å². The Balaban J connectivity index is 1.99. The Morgan fingerprint density at radius 1 is 1.21 bits per heavy atom. The van der Waals surface area contributed by atoms with Gasteiger partial charge in [-0.2, -0.15) is 0 Å². The number of nitrogens with one attached hydrogen (secondary N) is 1. The van der Waals surface area contributed by atoms with Crippen molar-refractivity contribution in [3.05, 3.63) is 59.1 Å². The van der Waals surface area contributed by atoms with Crippen LogP contribution in [0.5, 0.6) is 5.75 Å². The summed E-state index contributed by atoms with van der Waals surface area (Å²) >= 11 is 5.82. The van der Waals surface area contributed by atoms with Crippen LogP contribution in [0.25, 0.3) is 0 Å². The molecule has 0 heterocycles. The summed E-state index contributed by atoms with van der Waals surface area (Å²) in [5.74, 6) is 0.607. The van der Waals surface area contributed by atoms with E-state index in [0.29, 0.717) is 17.4 Å². The van der Waals surface area contributed by atoms with Gasteiger partial charge in [0, 0.05) is 23.7 Å². The quantitative estimate of drug-likeness (QED) is 0.920. The van der Waals surface area contributed by atoms with Crippen LogP contribution in [0.4, 0.5) is 5.69 Å². The first-order valence-electron chi connectivity index (χ1n) is 5.88. The molecular formula is C15H14ClNO2. The van der Waals surface area contributed by atoms with E-state index in [0.717, 1.165) is 11.3 Å². The minimum atomic E-state index is -0.102. The van der Waals surface area contributed by atoms with Crippen LogP contribution in [0.15, 0.2) is 48.5 Å². The zero-order valence-corrected chi connectivity index (χ0v) is 11.3. The lowest BCUT2D eigenvalue weighted by Gasteiger charge is -2.08. The minimum absolute atomic E-state index is 0.102. The zero-order chi connectivity index (χ0) is 13.7. The third-order valence-corrected chi connectivity index (χ3v) is 2.73. The first-order valence-corrected chi connectivity index (χ1v) is 6.26. The molecule has 4 heteroatoms. The van der Waals surface area contributed by atoms with Gasteiger partial charge in [-0.25, -0.2) is 0 Å². The molecule has 1 N–H and O–H groups in total. The summed E-state index contributed by atoms with van der Waals surface area (Å²) in [7, 11) is 0. The Labute approximate surface area is 117 Å². The van der Waals surface area contributed by atoms with Crippen molar-refractivity contribution in [2.75, 3.05) is 5.32 Å². The van der Waals surface area contributed by atoms with Crippen molar-refractivity contribution < 1.29 is 9.53 Å². The van der Waals surface area contributed by atoms with Crippen molar-refractivity contribution in [3.8, 4) is 5.75 Å². The van der Waals surface area contributed by atoms with E-state index >= 15 is 0 Å². The molecule has 1 amide bonds. The van der Waals surface area contributed by atoms with Crippen molar-refractivity contribution in [1.82, 2.24) is 0 Å². The number of amides is 1. The van der Waals surface area contributed by atoms with Crippen molar-refractivity contribution in [2.45, 2.75) is 13.5 Å². The second kappa shape index (κ2) is 6.25. The first-order chi connectivity index (χ1) is 9.13. The molecule has 0 aliphatic carbocycles. The van der Waals surface area contributed by atoms with Gasteiger partial charge in [0.15, 0.2) is 0 Å². The zero-order valence-electron chi connectivity index (χ0n) is 10.5. The van der Waals surface area contributed by atoms with Gasteiger partial charge in [-0.1, -0.05) is 29.8 Å². The van der Waals surface area contributed by atoms with E-state index in [1.165, 1.54) is 6.92 Å². The summed E-state index contributed by atoms with van der Waals surface area (Å²) < 4.78 is 5.66. The Bertz CT molecular complexity index is 567. The van der Waals surface area contributed by atoms with Gasteiger partial charge >= 0.3 is 0 Å². The Kier molecular flexibility index (Phi) is 4.42. The molecule has 19 heavy (non-hydrogen) atoms. The van der Waals surface area contributed by atoms with E-state index in [4.69, 9.17) is 16.3 Å². The molecular weight excluding hydrogens is 262 g/mol. The lowest BCUT2D eigenvalue weighted by molar-refractivity contribution is -0.114. The normalized spacial score (nSPS) is 10.0. The molecule has 0 atom stereocenters. The Hall–Kier alpha value is -2.00. The highest BCUT2D eigenvalue weighted by Crippen LogP contribution is 2.19. The number of carbonyl (C=O) groups is 1. The third kappa shape index (κ3) is 4.30. The Morgan fingerprint density at radius 3 is 2.63 bits per heavy atom. The number of ether oxygens (including phenoxy) is 1. The second-order valence-corrected chi connectivity index (χ2v) is 4.56. The highest BCUT2D eigenvalue weighted by atomic mass is 35.5. The molecule has 0 fully saturated rings. The third-order valence-electron chi connectivity index (χ3n) is 2.47. The number of benzene rings is 2. The maximum atomic E-state index is 11.0. The maximum Gasteiger partial charge on any atom is 0.221 e. The van der Waals surface area contributed by atoms with Crippen LogP contribution >= 0.6 is 11.6 Å². The number of rotatable bonds is 4. The molecule has 0 unspecified atom stereocenters. The minimum Gasteiger partial charge on any atom is -0.489 e. The van der Waals surface area contributed by atoms with Crippen molar-refractivity contribution in [2.24, 2.45) is 0 Å². The summed E-state index contributed by atoms with van der Waals surface area (Å²) in [4.78, 5) is 11.0. The molecule has 0 bridgehead atoms. The summed E-state index contributed by atoms with van der Waals surface area (Å²) in [6.45, 7) is 1.93. The van der Waals surface area contributed by atoms with Gasteiger partial charge in [-0.05, 0) is 29.8 Å². The van der Waals surface area contributed by atoms with Gasteiger partial charge in [0.05, 0.1) is 0 Å². The van der Waals surface area contributed by atoms with E-state index < -0.39 is 0 Å². The molecule has 2 aromatic carbocycles. The predicted molar refractivity (Wildman–Crippen MR) is 76.5 cm³/mol. The predicted octanol–water partition coefficient (Wildman–Crippen LogP) is 3.88. The fraction of sp³-hybridized carbons (Fsp3) is 0.133. The van der Waals surface area contributed by atoms with Crippen LogP contribution in [0.3, 0.4) is 0 Å². The molecule has 0 saturated carbocycles. The number of halogens is 1. The van der Waals surface area contributed by atoms with E-state index in [2.05, 4.69) is 5.32 Å². The van der Waals surface area contributed by atoms with Gasteiger partial charge in [-0.3, -0.25) is 4.79 Å². The summed E-state index contributed by atoms with van der Waals surface area (Å²) in [6.07, 6.45) is 0. The van der Waals surface area contributed by atoms with Crippen LogP contribution in [-0.4, -0.2) is 5.91 Å². The van der Waals surface area contributed by atoms with Crippen LogP contribution in [-0.2, 0) is 11.4 Å². The standard InChI is InChI=1S/C15H14ClNO2/c1-11(18)17-14-3-2-4-15(9-14)19-10-12-5-7-13(16)8-6-12/h2-9H,10H2,1H3,(H,17,18). The van der Waals surface area contributed by atoms with Gasteiger partial charge < -0.3 is 10.1 Å². The van der Waals surface area contributed by atoms with Gasteiger partial charge in [-0.15, -0.1) is 0 Å². The first kappa shape index (κ1) is 13.4. The highest BCUT2D eigenvalue weighted by Gasteiger charge is 1.99. The number of carbonyl (C=O) groups excluding carboxylic acids is 1. The summed E-state index contributed by atoms with van der Waals surface area (Å²) in [6, 6.07) is 14.8. The average Bonchev–Trinajstić information content (AvgIpc) is 2.38. The molecule has 0 radical (unpaired) electrons. The van der Waals surface area contributed by atoms with Crippen molar-refractivity contribution >= 4 is 23.2 Å². The molecule has 0 saturated heterocycles. The molecule has 0 spiro atoms. The maximum absolute atomic E-state index is 11.0. The van der Waals surface area contributed by atoms with Crippen LogP contribution in [0, 0.1) is 0 Å². The van der Waals surface area contributed by atoms with Crippen LogP contribution in [0.2, 0.25) is 5.02 Å². The molecule has 2 rings (SSSR count). The molecule has 0 aliphatic rings. The van der Waals surface area contributed by atoms with Crippen molar-refractivity contribution in [3.63, 3.8) is 0 Å². The second-order valence-electron chi connectivity index (χ2n) is 4.12. The number of hydrogen-bond donors (Lipinski definition) is 1. The fourth-order valence-corrected chi connectivity index (χ4v) is 1.74. The highest BCUT2D eigenvalue weighted by molar-refractivity contribution is 6.30. The van der Waals surface area contributed by atoms with E-state index in [1.807, 2.05) is 42.5 Å². The topological polar surface area (TPSA) is 38.3 Å². The average molecular weight is 276 g/mol. The monoisotopic (exact) mass is 275 g/mol. The molecule has 2 aromatic rings. The van der Waals surface area contributed by atoms with Gasteiger partial charge in [0.1, 0.15) is 12.4 Å². The van der Waals surface area contributed by atoms with Crippen molar-refractivity contribution in [1.29, 1.82) is 0 Å². The SMILES string of the molecule is CC(=O)Nc1cccc(OCc2ccc(Cl)cc2)c1. The summed E-state index contributed by atoms with van der Waals surface area (Å²) in [5, 5.41) is 3.42. The van der Waals surface area contributed by atoms with Gasteiger partial charge in [0.25, 0.3) is 0 Å². The largest absolute Gasteiger partial charge is 0.489 e. The van der Waals surface area contributed by atoms with E-state index in [1.54, 1.807) is 6.07 Å². The summed E-state index contributed by atoms with van der Waals surface area (Å²) in [5.41, 5.74) is 1.76. The van der Waals surface area contributed by atoms with Crippen LogP contribution in [0.1, 0.15) is 12.5 Å². The molecule has 0 aliphatic heterocycles. The lowest BCUT2D eigenvalue weighted by Crippen LogP contribution is -2.05. The number of anilines is 1. The molecule has 0 aromatic heterocycles. The van der Waals surface area contributed by atoms with E-state index in [9.17, 15) is 4.79 Å². The van der Waals surface area contributed by atoms with Gasteiger partial charge in [0.2, 0.25) is 5.91 Å². The lowest BCUT2D eigenvalue weighted by atomic mass is 10.2. The molecule has 98 valence electrons. The smallest absolute Gasteiger partial charge is 0.221 e.